The van der Waals surface area contributed by atoms with Crippen LogP contribution in [0, 0.1) is 0 Å². The Morgan fingerprint density at radius 1 is 1.25 bits per heavy atom. The van der Waals surface area contributed by atoms with Crippen LogP contribution in [0.5, 0.6) is 5.88 Å². The zero-order valence-corrected chi connectivity index (χ0v) is 12.1. The number of hydrogen-bond acceptors (Lipinski definition) is 3. The molecule has 20 heavy (non-hydrogen) atoms. The number of alkyl halides is 3. The van der Waals surface area contributed by atoms with Crippen molar-refractivity contribution in [2.24, 2.45) is 0 Å². The average molecular weight is 308 g/mol. The molecule has 0 spiro atoms. The van der Waals surface area contributed by atoms with Crippen LogP contribution in [0.3, 0.4) is 0 Å². The number of halogens is 4. The van der Waals surface area contributed by atoms with E-state index in [-0.39, 0.29) is 16.5 Å². The monoisotopic (exact) mass is 307 g/mol. The highest BCUT2D eigenvalue weighted by molar-refractivity contribution is 6.34. The van der Waals surface area contributed by atoms with Gasteiger partial charge < -0.3 is 4.74 Å². The first-order valence-corrected chi connectivity index (χ1v) is 6.14. The Hall–Kier alpha value is -1.50. The Balaban J connectivity index is 2.82. The molecule has 0 saturated heterocycles. The molecule has 0 bridgehead atoms. The first-order valence-electron chi connectivity index (χ1n) is 5.76. The normalized spacial score (nSPS) is 13.0. The minimum Gasteiger partial charge on any atom is -0.481 e. The lowest BCUT2D eigenvalue weighted by Gasteiger charge is -2.14. The van der Waals surface area contributed by atoms with Gasteiger partial charge in [-0.2, -0.15) is 22.8 Å². The molecule has 2 aromatic rings. The fourth-order valence-corrected chi connectivity index (χ4v) is 2.18. The van der Waals surface area contributed by atoms with Gasteiger partial charge in [-0.15, -0.1) is 0 Å². The number of hydrogen-bond donors (Lipinski definition) is 0. The van der Waals surface area contributed by atoms with Gasteiger partial charge in [-0.05, 0) is 0 Å². The quantitative estimate of drug-likeness (QED) is 0.806. The summed E-state index contributed by atoms with van der Waals surface area (Å²) in [6, 6.07) is 0.794. The highest BCUT2D eigenvalue weighted by Gasteiger charge is 2.35. The largest absolute Gasteiger partial charge is 0.481 e. The number of rotatable bonds is 1. The second kappa shape index (κ2) is 4.51. The van der Waals surface area contributed by atoms with Crippen LogP contribution in [-0.2, 0) is 11.6 Å². The third-order valence-electron chi connectivity index (χ3n) is 2.71. The molecule has 110 valence electrons. The Morgan fingerprint density at radius 2 is 1.85 bits per heavy atom. The van der Waals surface area contributed by atoms with Gasteiger partial charge >= 0.3 is 6.18 Å². The van der Waals surface area contributed by atoms with Gasteiger partial charge in [0.15, 0.2) is 11.3 Å². The van der Waals surface area contributed by atoms with Crippen molar-refractivity contribution in [2.45, 2.75) is 32.4 Å². The molecule has 0 amide bonds. The van der Waals surface area contributed by atoms with Crippen molar-refractivity contribution < 1.29 is 17.9 Å². The van der Waals surface area contributed by atoms with Crippen LogP contribution in [0.25, 0.3) is 5.65 Å². The van der Waals surface area contributed by atoms with Crippen molar-refractivity contribution in [3.63, 3.8) is 0 Å². The minimum atomic E-state index is -4.58. The maximum absolute atomic E-state index is 12.8. The molecule has 0 aliphatic carbocycles. The van der Waals surface area contributed by atoms with Crippen LogP contribution in [0.15, 0.2) is 6.07 Å². The van der Waals surface area contributed by atoms with Gasteiger partial charge in [0, 0.05) is 11.5 Å². The van der Waals surface area contributed by atoms with Crippen molar-refractivity contribution in [1.82, 2.24) is 14.6 Å². The Bertz CT molecular complexity index is 658. The molecule has 0 saturated carbocycles. The Morgan fingerprint density at radius 3 is 2.30 bits per heavy atom. The summed E-state index contributed by atoms with van der Waals surface area (Å²) in [7, 11) is 1.27. The molecule has 2 heterocycles. The number of aromatic nitrogens is 3. The third-order valence-corrected chi connectivity index (χ3v) is 3.06. The molecule has 0 aliphatic rings. The van der Waals surface area contributed by atoms with Gasteiger partial charge in [-0.3, -0.25) is 0 Å². The van der Waals surface area contributed by atoms with E-state index in [0.29, 0.717) is 5.69 Å². The third kappa shape index (κ3) is 2.42. The van der Waals surface area contributed by atoms with E-state index < -0.39 is 17.3 Å². The van der Waals surface area contributed by atoms with Gasteiger partial charge in [0.25, 0.3) is 0 Å². The SMILES string of the molecule is COc1cc(C(F)(F)F)nc2c(Cl)c(C(C)(C)C)nn12. The van der Waals surface area contributed by atoms with Crippen molar-refractivity contribution in [3.05, 3.63) is 22.5 Å². The fourth-order valence-electron chi connectivity index (χ4n) is 1.73. The molecule has 0 N–H and O–H groups in total. The van der Waals surface area contributed by atoms with E-state index in [9.17, 15) is 13.2 Å². The number of fused-ring (bicyclic) bond motifs is 1. The van der Waals surface area contributed by atoms with E-state index in [2.05, 4.69) is 10.1 Å². The fraction of sp³-hybridized carbons (Fsp3) is 0.500. The van der Waals surface area contributed by atoms with Crippen LogP contribution in [0.1, 0.15) is 32.2 Å². The Labute approximate surface area is 118 Å². The summed E-state index contributed by atoms with van der Waals surface area (Å²) >= 11 is 6.12. The van der Waals surface area contributed by atoms with E-state index in [1.165, 1.54) is 11.6 Å². The van der Waals surface area contributed by atoms with Crippen molar-refractivity contribution in [3.8, 4) is 5.88 Å². The summed E-state index contributed by atoms with van der Waals surface area (Å²) in [6.07, 6.45) is -4.58. The molecular weight excluding hydrogens is 295 g/mol. The molecule has 4 nitrogen and oxygen atoms in total. The summed E-state index contributed by atoms with van der Waals surface area (Å²) in [5.41, 5.74) is -1.09. The predicted octanol–water partition coefficient (Wildman–Crippen LogP) is 3.71. The van der Waals surface area contributed by atoms with Crippen LogP contribution in [-0.4, -0.2) is 21.7 Å². The van der Waals surface area contributed by atoms with Crippen LogP contribution < -0.4 is 4.74 Å². The van der Waals surface area contributed by atoms with Gasteiger partial charge in [0.1, 0.15) is 5.02 Å². The molecule has 0 aromatic carbocycles. The molecule has 2 aromatic heterocycles. The van der Waals surface area contributed by atoms with Crippen molar-refractivity contribution in [1.29, 1.82) is 0 Å². The lowest BCUT2D eigenvalue weighted by atomic mass is 9.92. The smallest absolute Gasteiger partial charge is 0.433 e. The highest BCUT2D eigenvalue weighted by atomic mass is 35.5. The van der Waals surface area contributed by atoms with E-state index in [4.69, 9.17) is 16.3 Å². The van der Waals surface area contributed by atoms with Gasteiger partial charge in [0.2, 0.25) is 5.88 Å². The Kier molecular flexibility index (Phi) is 3.36. The van der Waals surface area contributed by atoms with E-state index >= 15 is 0 Å². The van der Waals surface area contributed by atoms with Crippen LogP contribution in [0.2, 0.25) is 5.02 Å². The van der Waals surface area contributed by atoms with Gasteiger partial charge in [-0.1, -0.05) is 32.4 Å². The maximum Gasteiger partial charge on any atom is 0.433 e. The predicted molar refractivity (Wildman–Crippen MR) is 68.3 cm³/mol. The molecule has 0 fully saturated rings. The highest BCUT2D eigenvalue weighted by Crippen LogP contribution is 2.36. The summed E-state index contributed by atoms with van der Waals surface area (Å²) in [5, 5.41) is 4.31. The minimum absolute atomic E-state index is 0.0664. The second-order valence-electron chi connectivity index (χ2n) is 5.33. The zero-order chi connectivity index (χ0) is 15.3. The topological polar surface area (TPSA) is 39.4 Å². The summed E-state index contributed by atoms with van der Waals surface area (Å²) in [5.74, 6) is -0.0697. The molecule has 0 atom stereocenters. The zero-order valence-electron chi connectivity index (χ0n) is 11.3. The molecule has 0 aliphatic heterocycles. The average Bonchev–Trinajstić information content (AvgIpc) is 2.64. The summed E-state index contributed by atoms with van der Waals surface area (Å²) in [4.78, 5) is 3.55. The maximum atomic E-state index is 12.8. The summed E-state index contributed by atoms with van der Waals surface area (Å²) < 4.78 is 44.6. The van der Waals surface area contributed by atoms with Gasteiger partial charge in [0.05, 0.1) is 12.8 Å². The molecule has 2 rings (SSSR count). The molecule has 0 unspecified atom stereocenters. The standard InChI is InChI=1S/C12H13ClF3N3O/c1-11(2,3)9-8(13)10-17-6(12(14,15)16)5-7(20-4)19(10)18-9/h5H,1-4H3. The lowest BCUT2D eigenvalue weighted by Crippen LogP contribution is -2.13. The van der Waals surface area contributed by atoms with Crippen molar-refractivity contribution >= 4 is 17.2 Å². The van der Waals surface area contributed by atoms with E-state index in [1.54, 1.807) is 0 Å². The van der Waals surface area contributed by atoms with Crippen LogP contribution >= 0.6 is 11.6 Å². The van der Waals surface area contributed by atoms with Crippen LogP contribution in [0.4, 0.5) is 13.2 Å². The van der Waals surface area contributed by atoms with E-state index in [1.807, 2.05) is 20.8 Å². The second-order valence-corrected chi connectivity index (χ2v) is 5.71. The van der Waals surface area contributed by atoms with Gasteiger partial charge in [-0.25, -0.2) is 4.98 Å². The number of methoxy groups -OCH3 is 1. The summed E-state index contributed by atoms with van der Waals surface area (Å²) in [6.45, 7) is 5.58. The molecular formula is C12H13ClF3N3O. The first-order chi connectivity index (χ1) is 9.05. The van der Waals surface area contributed by atoms with E-state index in [0.717, 1.165) is 6.07 Å². The molecule has 8 heteroatoms. The molecule has 0 radical (unpaired) electrons. The number of ether oxygens (including phenoxy) is 1. The lowest BCUT2D eigenvalue weighted by molar-refractivity contribution is -0.141. The number of nitrogens with zero attached hydrogens (tertiary/aromatic N) is 3. The first kappa shape index (κ1) is 14.9. The van der Waals surface area contributed by atoms with Crippen molar-refractivity contribution in [2.75, 3.05) is 7.11 Å².